The Morgan fingerprint density at radius 3 is 2.84 bits per heavy atom. The summed E-state index contributed by atoms with van der Waals surface area (Å²) in [6.07, 6.45) is 3.98. The van der Waals surface area contributed by atoms with E-state index in [1.54, 1.807) is 10.9 Å². The standard InChI is InChI=1S/C18H21N5O2/c1-22-17(7-14-11-25-12-16(14)24)20-18(21-22)15-8-19-23(10-15)9-13-5-3-2-4-6-13/h2-6,8,10,14,16,24H,7,9,11-12H2,1H3/t14-,16-/m1/s1. The third-order valence-corrected chi connectivity index (χ3v) is 4.54. The largest absolute Gasteiger partial charge is 0.390 e. The molecule has 1 fully saturated rings. The molecule has 0 radical (unpaired) electrons. The van der Waals surface area contributed by atoms with E-state index in [0.717, 1.165) is 11.4 Å². The molecule has 1 aromatic carbocycles. The number of rotatable bonds is 5. The number of aliphatic hydroxyl groups is 1. The first kappa shape index (κ1) is 16.0. The summed E-state index contributed by atoms with van der Waals surface area (Å²) in [6, 6.07) is 10.2. The van der Waals surface area contributed by atoms with Crippen LogP contribution in [0.5, 0.6) is 0 Å². The second kappa shape index (κ2) is 6.78. The lowest BCUT2D eigenvalue weighted by molar-refractivity contribution is 0.118. The van der Waals surface area contributed by atoms with Gasteiger partial charge in [-0.05, 0) is 5.56 Å². The third kappa shape index (κ3) is 3.47. The summed E-state index contributed by atoms with van der Waals surface area (Å²) < 4.78 is 8.97. The first-order chi connectivity index (χ1) is 12.2. The number of nitrogens with zero attached hydrogens (tertiary/aromatic N) is 5. The quantitative estimate of drug-likeness (QED) is 0.757. The van der Waals surface area contributed by atoms with Crippen molar-refractivity contribution in [3.05, 3.63) is 54.1 Å². The van der Waals surface area contributed by atoms with E-state index in [-0.39, 0.29) is 5.92 Å². The van der Waals surface area contributed by atoms with Crippen molar-refractivity contribution >= 4 is 0 Å². The van der Waals surface area contributed by atoms with Crippen LogP contribution in [0.15, 0.2) is 42.7 Å². The maximum absolute atomic E-state index is 9.91. The summed E-state index contributed by atoms with van der Waals surface area (Å²) in [5.41, 5.74) is 2.09. The number of benzene rings is 1. The van der Waals surface area contributed by atoms with Gasteiger partial charge in [0.1, 0.15) is 5.82 Å². The number of hydrogen-bond acceptors (Lipinski definition) is 5. The summed E-state index contributed by atoms with van der Waals surface area (Å²) >= 11 is 0. The Morgan fingerprint density at radius 1 is 1.24 bits per heavy atom. The van der Waals surface area contributed by atoms with Crippen molar-refractivity contribution in [3.63, 3.8) is 0 Å². The lowest BCUT2D eigenvalue weighted by atomic mass is 10.0. The normalized spacial score (nSPS) is 20.2. The maximum atomic E-state index is 9.91. The molecule has 0 amide bonds. The fourth-order valence-corrected chi connectivity index (χ4v) is 3.07. The monoisotopic (exact) mass is 339 g/mol. The summed E-state index contributed by atoms with van der Waals surface area (Å²) in [4.78, 5) is 4.63. The van der Waals surface area contributed by atoms with Crippen LogP contribution in [0.4, 0.5) is 0 Å². The molecule has 2 atom stereocenters. The summed E-state index contributed by atoms with van der Waals surface area (Å²) in [5, 5.41) is 18.8. The average Bonchev–Trinajstić information content (AvgIpc) is 3.31. The Labute approximate surface area is 145 Å². The third-order valence-electron chi connectivity index (χ3n) is 4.54. The van der Waals surface area contributed by atoms with Crippen LogP contribution in [0.1, 0.15) is 11.4 Å². The second-order valence-electron chi connectivity index (χ2n) is 6.46. The van der Waals surface area contributed by atoms with Gasteiger partial charge in [0.15, 0.2) is 5.82 Å². The molecule has 3 heterocycles. The Balaban J connectivity index is 1.50. The van der Waals surface area contributed by atoms with E-state index in [4.69, 9.17) is 4.74 Å². The molecule has 7 nitrogen and oxygen atoms in total. The van der Waals surface area contributed by atoms with Crippen molar-refractivity contribution in [1.82, 2.24) is 24.5 Å². The van der Waals surface area contributed by atoms with Gasteiger partial charge in [0.25, 0.3) is 0 Å². The first-order valence-electron chi connectivity index (χ1n) is 8.41. The Bertz CT molecular complexity index is 842. The molecule has 130 valence electrons. The second-order valence-corrected chi connectivity index (χ2v) is 6.46. The molecule has 0 bridgehead atoms. The SMILES string of the molecule is Cn1nc(-c2cnn(Cc3ccccc3)c2)nc1C[C@@H]1COC[C@H]1O. The molecule has 1 saturated heterocycles. The number of aromatic nitrogens is 5. The van der Waals surface area contributed by atoms with E-state index in [1.165, 1.54) is 5.56 Å². The van der Waals surface area contributed by atoms with E-state index in [2.05, 4.69) is 27.3 Å². The number of ether oxygens (including phenoxy) is 1. The van der Waals surface area contributed by atoms with Crippen molar-refractivity contribution in [2.75, 3.05) is 13.2 Å². The molecular weight excluding hydrogens is 318 g/mol. The number of aliphatic hydroxyl groups excluding tert-OH is 1. The molecule has 2 aromatic heterocycles. The van der Waals surface area contributed by atoms with Crippen LogP contribution in [0.2, 0.25) is 0 Å². The Kier molecular flexibility index (Phi) is 4.33. The average molecular weight is 339 g/mol. The molecule has 7 heteroatoms. The van der Waals surface area contributed by atoms with E-state index in [1.807, 2.05) is 36.1 Å². The lowest BCUT2D eigenvalue weighted by Gasteiger charge is -2.10. The topological polar surface area (TPSA) is 78.0 Å². The highest BCUT2D eigenvalue weighted by Gasteiger charge is 2.28. The zero-order chi connectivity index (χ0) is 17.2. The molecule has 3 aromatic rings. The van der Waals surface area contributed by atoms with E-state index >= 15 is 0 Å². The van der Waals surface area contributed by atoms with Gasteiger partial charge in [-0.15, -0.1) is 0 Å². The van der Waals surface area contributed by atoms with Crippen LogP contribution in [0.25, 0.3) is 11.4 Å². The van der Waals surface area contributed by atoms with Gasteiger partial charge in [0, 0.05) is 25.6 Å². The fourth-order valence-electron chi connectivity index (χ4n) is 3.07. The number of aryl methyl sites for hydroxylation is 1. The van der Waals surface area contributed by atoms with E-state index in [0.29, 0.717) is 32.0 Å². The van der Waals surface area contributed by atoms with Crippen LogP contribution >= 0.6 is 0 Å². The van der Waals surface area contributed by atoms with Gasteiger partial charge in [-0.1, -0.05) is 30.3 Å². The van der Waals surface area contributed by atoms with Crippen molar-refractivity contribution in [2.24, 2.45) is 13.0 Å². The number of hydrogen-bond donors (Lipinski definition) is 1. The lowest BCUT2D eigenvalue weighted by Crippen LogP contribution is -2.21. The predicted molar refractivity (Wildman–Crippen MR) is 91.8 cm³/mol. The minimum atomic E-state index is -0.422. The summed E-state index contributed by atoms with van der Waals surface area (Å²) in [6.45, 7) is 1.69. The molecule has 1 aliphatic rings. The molecule has 1 aliphatic heterocycles. The van der Waals surface area contributed by atoms with Gasteiger partial charge in [-0.3, -0.25) is 9.36 Å². The highest BCUT2D eigenvalue weighted by molar-refractivity contribution is 5.51. The fraction of sp³-hybridized carbons (Fsp3) is 0.389. The minimum Gasteiger partial charge on any atom is -0.390 e. The zero-order valence-corrected chi connectivity index (χ0v) is 14.1. The molecule has 0 spiro atoms. The van der Waals surface area contributed by atoms with Crippen molar-refractivity contribution in [3.8, 4) is 11.4 Å². The van der Waals surface area contributed by atoms with Gasteiger partial charge in [0.2, 0.25) is 0 Å². The van der Waals surface area contributed by atoms with Crippen molar-refractivity contribution < 1.29 is 9.84 Å². The Hall–Kier alpha value is -2.51. The van der Waals surface area contributed by atoms with Gasteiger partial charge in [0.05, 0.1) is 37.6 Å². The van der Waals surface area contributed by atoms with E-state index < -0.39 is 6.10 Å². The van der Waals surface area contributed by atoms with Gasteiger partial charge in [-0.2, -0.15) is 10.2 Å². The molecule has 25 heavy (non-hydrogen) atoms. The minimum absolute atomic E-state index is 0.0801. The van der Waals surface area contributed by atoms with Crippen LogP contribution in [-0.2, 0) is 24.8 Å². The predicted octanol–water partition coefficient (Wildman–Crippen LogP) is 1.28. The molecule has 1 N–H and O–H groups in total. The highest BCUT2D eigenvalue weighted by atomic mass is 16.5. The summed E-state index contributed by atoms with van der Waals surface area (Å²) in [7, 11) is 1.88. The van der Waals surface area contributed by atoms with E-state index in [9.17, 15) is 5.11 Å². The summed E-state index contributed by atoms with van der Waals surface area (Å²) in [5.74, 6) is 1.59. The van der Waals surface area contributed by atoms with Gasteiger partial charge in [-0.25, -0.2) is 4.98 Å². The van der Waals surface area contributed by atoms with Crippen molar-refractivity contribution in [1.29, 1.82) is 0 Å². The van der Waals surface area contributed by atoms with Crippen LogP contribution in [-0.4, -0.2) is 49.0 Å². The molecule has 0 aliphatic carbocycles. The van der Waals surface area contributed by atoms with Crippen LogP contribution in [0.3, 0.4) is 0 Å². The first-order valence-corrected chi connectivity index (χ1v) is 8.41. The molecule has 4 rings (SSSR count). The Morgan fingerprint density at radius 2 is 2.08 bits per heavy atom. The van der Waals surface area contributed by atoms with Gasteiger partial charge < -0.3 is 9.84 Å². The zero-order valence-electron chi connectivity index (χ0n) is 14.1. The maximum Gasteiger partial charge on any atom is 0.184 e. The molecule has 0 saturated carbocycles. The highest BCUT2D eigenvalue weighted by Crippen LogP contribution is 2.20. The van der Waals surface area contributed by atoms with Crippen molar-refractivity contribution in [2.45, 2.75) is 19.1 Å². The molecular formula is C18H21N5O2. The van der Waals surface area contributed by atoms with Gasteiger partial charge >= 0.3 is 0 Å². The van der Waals surface area contributed by atoms with Crippen LogP contribution < -0.4 is 0 Å². The van der Waals surface area contributed by atoms with Crippen LogP contribution in [0, 0.1) is 5.92 Å². The smallest absolute Gasteiger partial charge is 0.184 e. The molecule has 0 unspecified atom stereocenters.